The van der Waals surface area contributed by atoms with Crippen molar-refractivity contribution in [2.75, 3.05) is 9.80 Å². The van der Waals surface area contributed by atoms with Gasteiger partial charge in [-0.2, -0.15) is 0 Å². The van der Waals surface area contributed by atoms with E-state index in [1.807, 2.05) is 37.3 Å². The molecule has 0 amide bonds. The van der Waals surface area contributed by atoms with Gasteiger partial charge in [0.25, 0.3) is 0 Å². The standard InChI is InChI=1S/C71H48N2O4/c1-5-12-63-55(6-2)59-39-53(29-31-65(59)74-63)72(49-23-17-42(3)18-24-49)51-27-21-45-35-57-61-41-62-58-36-46-22-28-52(73(50-25-19-43(4)20-26-50)54-30-32-66-60(40-54)56-15-10-11-16-64(56)75-66)34-48(46)38-68(58)77-71(62)69(44-13-8-7-9-14-44)70(61)76-67(57)37-47(45)33-51/h5-41H,2H2,1,3-4H3/b12-5-. The normalized spacial score (nSPS) is 12.1. The Kier molecular flexibility index (Phi) is 9.97. The van der Waals surface area contributed by atoms with Crippen LogP contribution in [0.4, 0.5) is 34.1 Å². The third-order valence-corrected chi connectivity index (χ3v) is 15.4. The maximum absolute atomic E-state index is 7.07. The number of hydrogen-bond acceptors (Lipinski definition) is 6. The van der Waals surface area contributed by atoms with Gasteiger partial charge in [-0.3, -0.25) is 0 Å². The van der Waals surface area contributed by atoms with Crippen LogP contribution in [0.2, 0.25) is 0 Å². The molecule has 11 aromatic carbocycles. The van der Waals surface area contributed by atoms with Crippen molar-refractivity contribution in [3.8, 4) is 11.1 Å². The van der Waals surface area contributed by atoms with E-state index in [1.54, 1.807) is 0 Å². The molecule has 15 rings (SSSR count). The van der Waals surface area contributed by atoms with E-state index in [2.05, 4.69) is 224 Å². The van der Waals surface area contributed by atoms with Crippen molar-refractivity contribution in [1.29, 1.82) is 0 Å². The molecule has 0 spiro atoms. The van der Waals surface area contributed by atoms with E-state index in [0.29, 0.717) is 0 Å². The average Bonchev–Trinajstić information content (AvgIpc) is 4.39. The molecule has 366 valence electrons. The van der Waals surface area contributed by atoms with Crippen LogP contribution in [0.25, 0.3) is 122 Å². The van der Waals surface area contributed by atoms with Crippen molar-refractivity contribution in [3.63, 3.8) is 0 Å². The highest BCUT2D eigenvalue weighted by molar-refractivity contribution is 6.24. The number of furan rings is 4. The van der Waals surface area contributed by atoms with Crippen LogP contribution in [0.5, 0.6) is 0 Å². The lowest BCUT2D eigenvalue weighted by Gasteiger charge is -2.26. The first-order valence-electron chi connectivity index (χ1n) is 26.1. The summed E-state index contributed by atoms with van der Waals surface area (Å²) in [5, 5.41) is 11.7. The van der Waals surface area contributed by atoms with Crippen LogP contribution in [-0.2, 0) is 0 Å². The van der Waals surface area contributed by atoms with Crippen molar-refractivity contribution in [3.05, 3.63) is 241 Å². The number of fused-ring (bicyclic) bond motifs is 12. The van der Waals surface area contributed by atoms with Gasteiger partial charge in [0.15, 0.2) is 0 Å². The van der Waals surface area contributed by atoms with Gasteiger partial charge in [0.1, 0.15) is 44.8 Å². The molecule has 0 fully saturated rings. The molecule has 6 heteroatoms. The first kappa shape index (κ1) is 44.4. The molecule has 0 radical (unpaired) electrons. The van der Waals surface area contributed by atoms with E-state index in [-0.39, 0.29) is 0 Å². The van der Waals surface area contributed by atoms with Crippen LogP contribution in [-0.4, -0.2) is 0 Å². The summed E-state index contributed by atoms with van der Waals surface area (Å²) in [5.41, 5.74) is 17.3. The second kappa shape index (κ2) is 17.3. The van der Waals surface area contributed by atoms with E-state index in [1.165, 1.54) is 11.1 Å². The zero-order valence-corrected chi connectivity index (χ0v) is 42.6. The fourth-order valence-electron chi connectivity index (χ4n) is 11.6. The lowest BCUT2D eigenvalue weighted by molar-refractivity contribution is 0.603. The van der Waals surface area contributed by atoms with Crippen molar-refractivity contribution in [2.24, 2.45) is 0 Å². The van der Waals surface area contributed by atoms with Crippen molar-refractivity contribution >= 4 is 145 Å². The summed E-state index contributed by atoms with van der Waals surface area (Å²) in [7, 11) is 0. The zero-order chi connectivity index (χ0) is 51.5. The molecule has 4 heterocycles. The van der Waals surface area contributed by atoms with Gasteiger partial charge in [-0.1, -0.05) is 115 Å². The van der Waals surface area contributed by atoms with E-state index < -0.39 is 0 Å². The lowest BCUT2D eigenvalue weighted by Crippen LogP contribution is -2.09. The molecule has 15 aromatic rings. The highest BCUT2D eigenvalue weighted by Gasteiger charge is 2.24. The minimum absolute atomic E-state index is 0.793. The van der Waals surface area contributed by atoms with Gasteiger partial charge < -0.3 is 27.5 Å². The Morgan fingerprint density at radius 1 is 0.364 bits per heavy atom. The fraction of sp³-hybridized carbons (Fsp3) is 0.0423. The monoisotopic (exact) mass is 992 g/mol. The maximum Gasteiger partial charge on any atom is 0.147 e. The summed E-state index contributed by atoms with van der Waals surface area (Å²) in [5.74, 6) is 0.799. The van der Waals surface area contributed by atoms with Gasteiger partial charge in [-0.15, -0.1) is 0 Å². The largest absolute Gasteiger partial charge is 0.456 e. The molecule has 0 aliphatic carbocycles. The molecular formula is C71H48N2O4. The Balaban J connectivity index is 0.876. The summed E-state index contributed by atoms with van der Waals surface area (Å²) >= 11 is 0. The third kappa shape index (κ3) is 7.17. The van der Waals surface area contributed by atoms with Crippen LogP contribution < -0.4 is 9.80 Å². The highest BCUT2D eigenvalue weighted by Crippen LogP contribution is 2.48. The van der Waals surface area contributed by atoms with Crippen LogP contribution in [0, 0.1) is 13.8 Å². The Morgan fingerprint density at radius 3 is 1.42 bits per heavy atom. The summed E-state index contributed by atoms with van der Waals surface area (Å²) in [4.78, 5) is 4.62. The van der Waals surface area contributed by atoms with Gasteiger partial charge >= 0.3 is 0 Å². The zero-order valence-electron chi connectivity index (χ0n) is 42.6. The van der Waals surface area contributed by atoms with Crippen molar-refractivity contribution < 1.29 is 17.7 Å². The van der Waals surface area contributed by atoms with E-state index >= 15 is 0 Å². The Morgan fingerprint density at radius 2 is 0.844 bits per heavy atom. The first-order valence-corrected chi connectivity index (χ1v) is 26.1. The number of aryl methyl sites for hydroxylation is 2. The molecule has 0 saturated heterocycles. The van der Waals surface area contributed by atoms with E-state index in [9.17, 15) is 0 Å². The molecular weight excluding hydrogens is 945 g/mol. The molecule has 0 atom stereocenters. The molecule has 0 aliphatic heterocycles. The second-order valence-electron chi connectivity index (χ2n) is 20.2. The average molecular weight is 993 g/mol. The third-order valence-electron chi connectivity index (χ3n) is 15.4. The van der Waals surface area contributed by atoms with Gasteiger partial charge in [0.05, 0.1) is 5.56 Å². The lowest BCUT2D eigenvalue weighted by atomic mass is 9.97. The second-order valence-corrected chi connectivity index (χ2v) is 20.2. The van der Waals surface area contributed by atoms with Crippen LogP contribution in [0.1, 0.15) is 29.4 Å². The smallest absolute Gasteiger partial charge is 0.147 e. The molecule has 0 aliphatic rings. The Hall–Kier alpha value is -10.0. The van der Waals surface area contributed by atoms with E-state index in [0.717, 1.165) is 155 Å². The highest BCUT2D eigenvalue weighted by atomic mass is 16.3. The Labute approximate surface area is 443 Å². The summed E-state index contributed by atoms with van der Waals surface area (Å²) in [6, 6.07) is 73.6. The number of nitrogens with zero attached hydrogens (tertiary/aromatic N) is 2. The minimum atomic E-state index is 0.793. The summed E-state index contributed by atoms with van der Waals surface area (Å²) in [6.45, 7) is 10.4. The van der Waals surface area contributed by atoms with Crippen LogP contribution in [0.3, 0.4) is 0 Å². The van der Waals surface area contributed by atoms with Gasteiger partial charge in [0, 0.05) is 77.4 Å². The SMILES string of the molecule is C=Cc1c(/C=C\C)oc2ccc(N(c3ccc(C)cc3)c3ccc4cc5c(cc4c3)oc3c(-c4ccccc4)c4oc6cc7cc(N(c8ccc(C)cc8)c8ccc9oc%10ccccc%10c9c8)ccc7cc6c4cc35)cc12. The molecule has 0 N–H and O–H groups in total. The molecule has 0 unspecified atom stereocenters. The molecule has 77 heavy (non-hydrogen) atoms. The van der Waals surface area contributed by atoms with Crippen molar-refractivity contribution in [2.45, 2.75) is 20.8 Å². The quantitative estimate of drug-likeness (QED) is 0.144. The van der Waals surface area contributed by atoms with E-state index in [4.69, 9.17) is 17.7 Å². The van der Waals surface area contributed by atoms with Crippen LogP contribution >= 0.6 is 0 Å². The number of anilines is 6. The van der Waals surface area contributed by atoms with Gasteiger partial charge in [-0.05, 0) is 175 Å². The first-order chi connectivity index (χ1) is 37.8. The Bertz CT molecular complexity index is 4910. The molecule has 6 nitrogen and oxygen atoms in total. The maximum atomic E-state index is 7.07. The molecule has 4 aromatic heterocycles. The summed E-state index contributed by atoms with van der Waals surface area (Å²) in [6.07, 6.45) is 5.86. The van der Waals surface area contributed by atoms with Crippen LogP contribution in [0.15, 0.2) is 237 Å². The number of rotatable bonds is 9. The summed E-state index contributed by atoms with van der Waals surface area (Å²) < 4.78 is 26.7. The predicted octanol–water partition coefficient (Wildman–Crippen LogP) is 21.3. The van der Waals surface area contributed by atoms with Crippen molar-refractivity contribution in [1.82, 2.24) is 0 Å². The topological polar surface area (TPSA) is 59.0 Å². The number of hydrogen-bond donors (Lipinski definition) is 0. The predicted molar refractivity (Wildman–Crippen MR) is 322 cm³/mol. The van der Waals surface area contributed by atoms with Gasteiger partial charge in [0.2, 0.25) is 0 Å². The molecule has 0 bridgehead atoms. The van der Waals surface area contributed by atoms with Gasteiger partial charge in [-0.25, -0.2) is 0 Å². The molecule has 0 saturated carbocycles. The fourth-order valence-corrected chi connectivity index (χ4v) is 11.6. The number of para-hydroxylation sites is 1. The number of benzene rings is 11. The number of allylic oxidation sites excluding steroid dienone is 1. The minimum Gasteiger partial charge on any atom is -0.456 e.